The molecular weight excluding hydrogens is 259 g/mol. The molecule has 0 heterocycles. The van der Waals surface area contributed by atoms with E-state index < -0.39 is 17.8 Å². The second-order valence-corrected chi connectivity index (χ2v) is 4.63. The average Bonchev–Trinajstić information content (AvgIpc) is 2.27. The van der Waals surface area contributed by atoms with Crippen LogP contribution in [0, 0.1) is 5.82 Å². The van der Waals surface area contributed by atoms with E-state index >= 15 is 0 Å². The van der Waals surface area contributed by atoms with E-state index in [9.17, 15) is 9.18 Å². The normalized spacial score (nSPS) is 12.7. The number of benzene rings is 1. The maximum Gasteiger partial charge on any atom is 0.325 e. The van der Waals surface area contributed by atoms with Crippen LogP contribution in [0.3, 0.4) is 0 Å². The number of carboxylic acids is 1. The number of carboxylic acid groups (broad SMARTS) is 1. The lowest BCUT2D eigenvalue weighted by atomic mass is 10.1. The van der Waals surface area contributed by atoms with Crippen molar-refractivity contribution >= 4 is 17.6 Å². The third kappa shape index (κ3) is 4.25. The fraction of sp³-hybridized carbons (Fsp3) is 0.417. The topological polar surface area (TPSA) is 52.6 Å². The maximum atomic E-state index is 13.6. The number of aliphatic carboxylic acids is 1. The van der Waals surface area contributed by atoms with Crippen molar-refractivity contribution < 1.29 is 14.3 Å². The molecule has 0 fully saturated rings. The van der Waals surface area contributed by atoms with E-state index in [1.807, 2.05) is 19.0 Å². The minimum absolute atomic E-state index is 0.0498. The Kier molecular flexibility index (Phi) is 5.53. The molecule has 0 radical (unpaired) electrons. The average molecular weight is 275 g/mol. The fourth-order valence-electron chi connectivity index (χ4n) is 1.50. The van der Waals surface area contributed by atoms with E-state index in [1.165, 1.54) is 18.2 Å². The number of hydrogen-bond acceptors (Lipinski definition) is 3. The van der Waals surface area contributed by atoms with Crippen molar-refractivity contribution in [2.24, 2.45) is 0 Å². The first-order valence-corrected chi connectivity index (χ1v) is 5.85. The van der Waals surface area contributed by atoms with Gasteiger partial charge in [-0.05, 0) is 32.3 Å². The molecule has 0 spiro atoms. The number of halogens is 2. The van der Waals surface area contributed by atoms with Gasteiger partial charge in [0.1, 0.15) is 11.9 Å². The minimum atomic E-state index is -1.13. The predicted molar refractivity (Wildman–Crippen MR) is 68.3 cm³/mol. The monoisotopic (exact) mass is 274 g/mol. The van der Waals surface area contributed by atoms with Gasteiger partial charge in [0, 0.05) is 23.7 Å². The van der Waals surface area contributed by atoms with Gasteiger partial charge in [0.25, 0.3) is 0 Å². The highest BCUT2D eigenvalue weighted by Crippen LogP contribution is 2.21. The second kappa shape index (κ2) is 6.68. The number of rotatable bonds is 6. The zero-order chi connectivity index (χ0) is 13.7. The molecule has 0 saturated carbocycles. The third-order valence-corrected chi connectivity index (χ3v) is 2.66. The molecule has 0 aliphatic rings. The molecule has 0 aromatic heterocycles. The lowest BCUT2D eigenvalue weighted by Gasteiger charge is -2.17. The molecule has 4 nitrogen and oxygen atoms in total. The third-order valence-electron chi connectivity index (χ3n) is 2.42. The molecule has 6 heteroatoms. The Morgan fingerprint density at radius 2 is 2.22 bits per heavy atom. The molecule has 1 aromatic rings. The van der Waals surface area contributed by atoms with Crippen LogP contribution in [0.5, 0.6) is 0 Å². The van der Waals surface area contributed by atoms with Crippen LogP contribution in [-0.2, 0) is 4.79 Å². The Labute approximate surface area is 110 Å². The van der Waals surface area contributed by atoms with Gasteiger partial charge in [0.15, 0.2) is 0 Å². The second-order valence-electron chi connectivity index (χ2n) is 4.19. The van der Waals surface area contributed by atoms with Crippen LogP contribution >= 0.6 is 11.6 Å². The fourth-order valence-corrected chi connectivity index (χ4v) is 1.68. The first kappa shape index (κ1) is 14.9. The summed E-state index contributed by atoms with van der Waals surface area (Å²) in [6, 6.07) is 2.79. The standard InChI is InChI=1S/C12H16ClFN2O2/c1-16(2)6-5-15-11(12(17)18)9-7-8(13)3-4-10(9)14/h3-4,7,11,15H,5-6H2,1-2H3,(H,17,18). The summed E-state index contributed by atoms with van der Waals surface area (Å²) in [6.45, 7) is 1.10. The number of nitrogens with zero attached hydrogens (tertiary/aromatic N) is 1. The lowest BCUT2D eigenvalue weighted by Crippen LogP contribution is -2.34. The summed E-state index contributed by atoms with van der Waals surface area (Å²) in [7, 11) is 3.74. The van der Waals surface area contributed by atoms with Crippen molar-refractivity contribution in [2.45, 2.75) is 6.04 Å². The highest BCUT2D eigenvalue weighted by atomic mass is 35.5. The Bertz CT molecular complexity index is 427. The first-order chi connectivity index (χ1) is 8.41. The highest BCUT2D eigenvalue weighted by molar-refractivity contribution is 6.30. The minimum Gasteiger partial charge on any atom is -0.480 e. The van der Waals surface area contributed by atoms with Crippen molar-refractivity contribution in [3.8, 4) is 0 Å². The van der Waals surface area contributed by atoms with Gasteiger partial charge in [-0.1, -0.05) is 11.6 Å². The molecule has 1 unspecified atom stereocenters. The van der Waals surface area contributed by atoms with Crippen LogP contribution in [0.1, 0.15) is 11.6 Å². The molecule has 1 rings (SSSR count). The number of hydrogen-bond donors (Lipinski definition) is 2. The van der Waals surface area contributed by atoms with Gasteiger partial charge in [-0.3, -0.25) is 10.1 Å². The van der Waals surface area contributed by atoms with E-state index in [2.05, 4.69) is 5.32 Å². The van der Waals surface area contributed by atoms with Crippen molar-refractivity contribution in [3.05, 3.63) is 34.6 Å². The van der Waals surface area contributed by atoms with Gasteiger partial charge in [0.05, 0.1) is 0 Å². The van der Waals surface area contributed by atoms with Crippen LogP contribution in [0.2, 0.25) is 5.02 Å². The number of nitrogens with one attached hydrogen (secondary N) is 1. The predicted octanol–water partition coefficient (Wildman–Crippen LogP) is 1.76. The summed E-state index contributed by atoms with van der Waals surface area (Å²) in [5.41, 5.74) is 0.0498. The Hall–Kier alpha value is -1.17. The summed E-state index contributed by atoms with van der Waals surface area (Å²) < 4.78 is 13.6. The zero-order valence-corrected chi connectivity index (χ0v) is 11.0. The van der Waals surface area contributed by atoms with E-state index in [0.29, 0.717) is 18.1 Å². The molecule has 1 atom stereocenters. The number of likely N-dealkylation sites (N-methyl/N-ethyl adjacent to an activating group) is 1. The van der Waals surface area contributed by atoms with Gasteiger partial charge in [-0.15, -0.1) is 0 Å². The van der Waals surface area contributed by atoms with Crippen LogP contribution in [0.15, 0.2) is 18.2 Å². The Morgan fingerprint density at radius 3 is 2.78 bits per heavy atom. The highest BCUT2D eigenvalue weighted by Gasteiger charge is 2.22. The summed E-state index contributed by atoms with van der Waals surface area (Å²) in [4.78, 5) is 13.1. The van der Waals surface area contributed by atoms with Crippen molar-refractivity contribution in [2.75, 3.05) is 27.2 Å². The lowest BCUT2D eigenvalue weighted by molar-refractivity contribution is -0.139. The van der Waals surface area contributed by atoms with Gasteiger partial charge >= 0.3 is 5.97 Å². The molecule has 100 valence electrons. The van der Waals surface area contributed by atoms with E-state index in [1.54, 1.807) is 0 Å². The molecule has 0 amide bonds. The molecule has 0 saturated heterocycles. The van der Waals surface area contributed by atoms with Crippen LogP contribution in [0.4, 0.5) is 4.39 Å². The Morgan fingerprint density at radius 1 is 1.56 bits per heavy atom. The molecular formula is C12H16ClFN2O2. The smallest absolute Gasteiger partial charge is 0.325 e. The first-order valence-electron chi connectivity index (χ1n) is 5.47. The van der Waals surface area contributed by atoms with Gasteiger partial charge in [-0.25, -0.2) is 4.39 Å². The van der Waals surface area contributed by atoms with Crippen LogP contribution in [-0.4, -0.2) is 43.2 Å². The molecule has 0 aliphatic heterocycles. The molecule has 1 aromatic carbocycles. The number of carbonyl (C=O) groups is 1. The van der Waals surface area contributed by atoms with Gasteiger partial charge < -0.3 is 10.0 Å². The SMILES string of the molecule is CN(C)CCNC(C(=O)O)c1cc(Cl)ccc1F. The zero-order valence-electron chi connectivity index (χ0n) is 10.3. The summed E-state index contributed by atoms with van der Waals surface area (Å²) >= 11 is 5.75. The van der Waals surface area contributed by atoms with Crippen molar-refractivity contribution in [1.82, 2.24) is 10.2 Å². The van der Waals surface area contributed by atoms with Crippen LogP contribution in [0.25, 0.3) is 0 Å². The van der Waals surface area contributed by atoms with E-state index in [0.717, 1.165) is 0 Å². The maximum absolute atomic E-state index is 13.6. The van der Waals surface area contributed by atoms with Crippen molar-refractivity contribution in [3.63, 3.8) is 0 Å². The quantitative estimate of drug-likeness (QED) is 0.830. The molecule has 18 heavy (non-hydrogen) atoms. The van der Waals surface area contributed by atoms with E-state index in [-0.39, 0.29) is 5.56 Å². The van der Waals surface area contributed by atoms with Crippen LogP contribution < -0.4 is 5.32 Å². The summed E-state index contributed by atoms with van der Waals surface area (Å²) in [5.74, 6) is -1.71. The largest absolute Gasteiger partial charge is 0.480 e. The molecule has 2 N–H and O–H groups in total. The molecule has 0 aliphatic carbocycles. The summed E-state index contributed by atoms with van der Waals surface area (Å²) in [5, 5.41) is 12.2. The van der Waals surface area contributed by atoms with Crippen molar-refractivity contribution in [1.29, 1.82) is 0 Å². The van der Waals surface area contributed by atoms with Gasteiger partial charge in [-0.2, -0.15) is 0 Å². The van der Waals surface area contributed by atoms with Gasteiger partial charge in [0.2, 0.25) is 0 Å². The van der Waals surface area contributed by atoms with E-state index in [4.69, 9.17) is 16.7 Å². The molecule has 0 bridgehead atoms. The summed E-state index contributed by atoms with van der Waals surface area (Å²) in [6.07, 6.45) is 0. The Balaban J connectivity index is 2.84.